The molecule has 0 aliphatic carbocycles. The number of hydrogen-bond donors (Lipinski definition) is 1. The molecule has 0 unspecified atom stereocenters. The van der Waals surface area contributed by atoms with Gasteiger partial charge in [0, 0.05) is 0 Å². The van der Waals surface area contributed by atoms with Gasteiger partial charge in [-0.05, 0) is 31.5 Å². The first kappa shape index (κ1) is 12.8. The number of ether oxygens (including phenoxy) is 1. The highest BCUT2D eigenvalue weighted by atomic mass is 19.4. The summed E-state index contributed by atoms with van der Waals surface area (Å²) in [7, 11) is 0. The topological polar surface area (TPSA) is 35.2 Å². The van der Waals surface area contributed by atoms with E-state index in [9.17, 15) is 13.2 Å². The fourth-order valence-corrected chi connectivity index (χ4v) is 1.24. The van der Waals surface area contributed by atoms with Crippen LogP contribution in [0.25, 0.3) is 0 Å². The first-order valence-electron chi connectivity index (χ1n) is 4.89. The maximum Gasteiger partial charge on any atom is 0.407 e. The van der Waals surface area contributed by atoms with Crippen LogP contribution in [0.5, 0.6) is 5.75 Å². The Balaban J connectivity index is 2.90. The monoisotopic (exact) mass is 233 g/mol. The highest BCUT2D eigenvalue weighted by molar-refractivity contribution is 5.31. The molecule has 2 N–H and O–H groups in total. The van der Waals surface area contributed by atoms with Crippen molar-refractivity contribution in [1.82, 2.24) is 0 Å². The lowest BCUT2D eigenvalue weighted by Crippen LogP contribution is -2.28. The molecule has 2 nitrogen and oxygen atoms in total. The molecule has 0 heterocycles. The largest absolute Gasteiger partial charge is 0.491 e. The Morgan fingerprint density at radius 2 is 1.88 bits per heavy atom. The minimum Gasteiger partial charge on any atom is -0.491 e. The zero-order chi connectivity index (χ0) is 12.3. The fourth-order valence-electron chi connectivity index (χ4n) is 1.24. The van der Waals surface area contributed by atoms with E-state index in [-0.39, 0.29) is 11.7 Å². The third kappa shape index (κ3) is 3.41. The second-order valence-corrected chi connectivity index (χ2v) is 3.76. The molecule has 5 heteroatoms. The molecule has 1 atom stereocenters. The van der Waals surface area contributed by atoms with Crippen molar-refractivity contribution in [1.29, 1.82) is 0 Å². The summed E-state index contributed by atoms with van der Waals surface area (Å²) < 4.78 is 42.4. The molecule has 90 valence electrons. The average molecular weight is 233 g/mol. The molecule has 1 aromatic carbocycles. The zero-order valence-electron chi connectivity index (χ0n) is 9.08. The SMILES string of the molecule is CC(C)Oc1cccc([C@H](N)C(F)(F)F)c1. The quantitative estimate of drug-likeness (QED) is 0.870. The summed E-state index contributed by atoms with van der Waals surface area (Å²) in [5.74, 6) is 0.396. The van der Waals surface area contributed by atoms with Crippen molar-refractivity contribution in [3.63, 3.8) is 0 Å². The van der Waals surface area contributed by atoms with Gasteiger partial charge in [-0.3, -0.25) is 0 Å². The third-order valence-electron chi connectivity index (χ3n) is 1.94. The van der Waals surface area contributed by atoms with Gasteiger partial charge in [0.15, 0.2) is 0 Å². The van der Waals surface area contributed by atoms with Crippen LogP contribution in [-0.2, 0) is 0 Å². The lowest BCUT2D eigenvalue weighted by molar-refractivity contribution is -0.149. The standard InChI is InChI=1S/C11H14F3NO/c1-7(2)16-9-5-3-4-8(6-9)10(15)11(12,13)14/h3-7,10H,15H2,1-2H3/t10-/m0/s1. The van der Waals surface area contributed by atoms with Crippen molar-refractivity contribution < 1.29 is 17.9 Å². The molecule has 0 radical (unpaired) electrons. The van der Waals surface area contributed by atoms with E-state index in [4.69, 9.17) is 10.5 Å². The molecule has 0 spiro atoms. The molecule has 0 saturated heterocycles. The van der Waals surface area contributed by atoms with E-state index in [1.807, 2.05) is 0 Å². The highest BCUT2D eigenvalue weighted by Gasteiger charge is 2.37. The van der Waals surface area contributed by atoms with E-state index < -0.39 is 12.2 Å². The first-order valence-corrected chi connectivity index (χ1v) is 4.89. The van der Waals surface area contributed by atoms with E-state index >= 15 is 0 Å². The first-order chi connectivity index (χ1) is 7.30. The van der Waals surface area contributed by atoms with Gasteiger partial charge in [0.1, 0.15) is 11.8 Å². The number of halogens is 3. The molecule has 0 aliphatic rings. The molecule has 0 amide bonds. The van der Waals surface area contributed by atoms with Crippen molar-refractivity contribution in [2.45, 2.75) is 32.2 Å². The molecular weight excluding hydrogens is 219 g/mol. The second-order valence-electron chi connectivity index (χ2n) is 3.76. The van der Waals surface area contributed by atoms with Gasteiger partial charge in [-0.2, -0.15) is 13.2 Å². The summed E-state index contributed by atoms with van der Waals surface area (Å²) >= 11 is 0. The van der Waals surface area contributed by atoms with Crippen LogP contribution in [-0.4, -0.2) is 12.3 Å². The Morgan fingerprint density at radius 1 is 1.25 bits per heavy atom. The van der Waals surface area contributed by atoms with Crippen molar-refractivity contribution in [2.75, 3.05) is 0 Å². The molecular formula is C11H14F3NO. The van der Waals surface area contributed by atoms with E-state index in [0.29, 0.717) is 5.75 Å². The summed E-state index contributed by atoms with van der Waals surface area (Å²) in [4.78, 5) is 0. The van der Waals surface area contributed by atoms with Crippen LogP contribution in [0.2, 0.25) is 0 Å². The lowest BCUT2D eigenvalue weighted by atomic mass is 10.1. The maximum absolute atomic E-state index is 12.4. The van der Waals surface area contributed by atoms with Crippen LogP contribution in [0.4, 0.5) is 13.2 Å². The van der Waals surface area contributed by atoms with Crippen LogP contribution in [0.15, 0.2) is 24.3 Å². The molecule has 16 heavy (non-hydrogen) atoms. The predicted octanol–water partition coefficient (Wildman–Crippen LogP) is 3.04. The van der Waals surface area contributed by atoms with E-state index in [1.165, 1.54) is 18.2 Å². The smallest absolute Gasteiger partial charge is 0.407 e. The number of alkyl halides is 3. The van der Waals surface area contributed by atoms with E-state index in [0.717, 1.165) is 0 Å². The number of rotatable bonds is 3. The molecule has 0 aromatic heterocycles. The van der Waals surface area contributed by atoms with E-state index in [2.05, 4.69) is 0 Å². The molecule has 0 saturated carbocycles. The van der Waals surface area contributed by atoms with Gasteiger partial charge in [0.05, 0.1) is 6.10 Å². The predicted molar refractivity (Wildman–Crippen MR) is 55.2 cm³/mol. The zero-order valence-corrected chi connectivity index (χ0v) is 9.08. The average Bonchev–Trinajstić information content (AvgIpc) is 2.14. The maximum atomic E-state index is 12.4. The molecule has 0 fully saturated rings. The number of hydrogen-bond acceptors (Lipinski definition) is 2. The summed E-state index contributed by atoms with van der Waals surface area (Å²) in [6.45, 7) is 3.60. The van der Waals surface area contributed by atoms with Crippen LogP contribution in [0, 0.1) is 0 Å². The van der Waals surface area contributed by atoms with Gasteiger partial charge in [0.25, 0.3) is 0 Å². The van der Waals surface area contributed by atoms with Crippen molar-refractivity contribution in [3.05, 3.63) is 29.8 Å². The van der Waals surface area contributed by atoms with Crippen molar-refractivity contribution >= 4 is 0 Å². The van der Waals surface area contributed by atoms with Crippen LogP contribution >= 0.6 is 0 Å². The third-order valence-corrected chi connectivity index (χ3v) is 1.94. The van der Waals surface area contributed by atoms with Gasteiger partial charge < -0.3 is 10.5 Å². The van der Waals surface area contributed by atoms with Gasteiger partial charge >= 0.3 is 6.18 Å². The summed E-state index contributed by atoms with van der Waals surface area (Å²) in [5.41, 5.74) is 5.10. The molecule has 0 bridgehead atoms. The Kier molecular flexibility index (Phi) is 3.80. The van der Waals surface area contributed by atoms with E-state index in [1.54, 1.807) is 19.9 Å². The molecule has 1 aromatic rings. The molecule has 1 rings (SSSR count). The Hall–Kier alpha value is -1.23. The number of nitrogens with two attached hydrogens (primary N) is 1. The van der Waals surface area contributed by atoms with Gasteiger partial charge in [-0.1, -0.05) is 12.1 Å². The molecule has 0 aliphatic heterocycles. The summed E-state index contributed by atoms with van der Waals surface area (Å²) in [5, 5.41) is 0. The van der Waals surface area contributed by atoms with Gasteiger partial charge in [-0.15, -0.1) is 0 Å². The van der Waals surface area contributed by atoms with Gasteiger partial charge in [0.2, 0.25) is 0 Å². The van der Waals surface area contributed by atoms with Crippen molar-refractivity contribution in [3.8, 4) is 5.75 Å². The van der Waals surface area contributed by atoms with Gasteiger partial charge in [-0.25, -0.2) is 0 Å². The Morgan fingerprint density at radius 3 is 2.38 bits per heavy atom. The van der Waals surface area contributed by atoms with Crippen LogP contribution in [0.1, 0.15) is 25.5 Å². The minimum atomic E-state index is -4.43. The number of benzene rings is 1. The fraction of sp³-hybridized carbons (Fsp3) is 0.455. The Bertz CT molecular complexity index is 349. The Labute approximate surface area is 92.2 Å². The van der Waals surface area contributed by atoms with Crippen molar-refractivity contribution in [2.24, 2.45) is 5.73 Å². The minimum absolute atomic E-state index is 0.00523. The van der Waals surface area contributed by atoms with Crippen LogP contribution < -0.4 is 10.5 Å². The summed E-state index contributed by atoms with van der Waals surface area (Å²) in [6, 6.07) is 3.79. The highest BCUT2D eigenvalue weighted by Crippen LogP contribution is 2.31. The summed E-state index contributed by atoms with van der Waals surface area (Å²) in [6.07, 6.45) is -4.52. The second kappa shape index (κ2) is 4.74. The van der Waals surface area contributed by atoms with Crippen LogP contribution in [0.3, 0.4) is 0 Å². The normalized spacial score (nSPS) is 13.9. The lowest BCUT2D eigenvalue weighted by Gasteiger charge is -2.17.